The third kappa shape index (κ3) is 5.51. The van der Waals surface area contributed by atoms with Gasteiger partial charge in [-0.2, -0.15) is 0 Å². The molecule has 1 aliphatic rings. The van der Waals surface area contributed by atoms with Gasteiger partial charge in [-0.15, -0.1) is 11.3 Å². The maximum absolute atomic E-state index is 13.8. The molecule has 0 bridgehead atoms. The molecule has 0 spiro atoms. The number of ether oxygens (including phenoxy) is 2. The number of amides is 2. The largest absolute Gasteiger partial charge is 0.497 e. The highest BCUT2D eigenvalue weighted by atomic mass is 32.1. The number of unbranched alkanes of at least 4 members (excludes halogenated alkanes) is 1. The van der Waals surface area contributed by atoms with Crippen molar-refractivity contribution >= 4 is 23.2 Å². The maximum atomic E-state index is 13.8. The van der Waals surface area contributed by atoms with Gasteiger partial charge in [0.05, 0.1) is 20.3 Å². The molecule has 1 atom stereocenters. The fraction of sp³-hybridized carbons (Fsp3) is 0.357. The highest BCUT2D eigenvalue weighted by Gasteiger charge is 2.34. The summed E-state index contributed by atoms with van der Waals surface area (Å²) in [7, 11) is 3.11. The van der Waals surface area contributed by atoms with Crippen molar-refractivity contribution in [1.82, 2.24) is 9.80 Å². The number of carbonyl (C=O) groups is 2. The Morgan fingerprint density at radius 2 is 1.77 bits per heavy atom. The van der Waals surface area contributed by atoms with Crippen LogP contribution in [-0.2, 0) is 11.2 Å². The number of fused-ring (bicyclic) bond motifs is 1. The molecule has 0 saturated carbocycles. The van der Waals surface area contributed by atoms with E-state index in [9.17, 15) is 9.59 Å². The molecule has 4 rings (SSSR count). The standard InChI is InChI=1S/C28H32N2O4S/c1-4-5-13-29(28(32)21-16-22(33-2)18-23(17-21)34-3)19-26(31)30-14-11-25-24(12-15-35-25)27(30)20-9-7-6-8-10-20/h6-10,12,15-18,27H,4-5,11,13-14,19H2,1-3H3. The number of hydrogen-bond acceptors (Lipinski definition) is 5. The molecule has 1 unspecified atom stereocenters. The van der Waals surface area contributed by atoms with Crippen LogP contribution in [0.15, 0.2) is 60.0 Å². The minimum atomic E-state index is -0.200. The number of benzene rings is 2. The van der Waals surface area contributed by atoms with Crippen LogP contribution < -0.4 is 9.47 Å². The summed E-state index contributed by atoms with van der Waals surface area (Å²) < 4.78 is 10.7. The van der Waals surface area contributed by atoms with Crippen LogP contribution >= 0.6 is 11.3 Å². The van der Waals surface area contributed by atoms with Gasteiger partial charge in [0.25, 0.3) is 5.91 Å². The lowest BCUT2D eigenvalue weighted by molar-refractivity contribution is -0.134. The molecule has 0 radical (unpaired) electrons. The quantitative estimate of drug-likeness (QED) is 0.413. The maximum Gasteiger partial charge on any atom is 0.254 e. The Bertz CT molecular complexity index is 1140. The molecule has 0 saturated heterocycles. The minimum Gasteiger partial charge on any atom is -0.497 e. The summed E-state index contributed by atoms with van der Waals surface area (Å²) in [5, 5.41) is 2.10. The Kier molecular flexibility index (Phi) is 8.08. The second kappa shape index (κ2) is 11.4. The molecule has 1 aromatic heterocycles. The summed E-state index contributed by atoms with van der Waals surface area (Å²) in [5.74, 6) is 0.836. The van der Waals surface area contributed by atoms with E-state index in [0.29, 0.717) is 30.2 Å². The molecule has 0 fully saturated rings. The van der Waals surface area contributed by atoms with Crippen molar-refractivity contribution in [3.05, 3.63) is 81.5 Å². The van der Waals surface area contributed by atoms with Gasteiger partial charge < -0.3 is 19.3 Å². The zero-order chi connectivity index (χ0) is 24.8. The Morgan fingerprint density at radius 1 is 1.06 bits per heavy atom. The zero-order valence-corrected chi connectivity index (χ0v) is 21.3. The smallest absolute Gasteiger partial charge is 0.254 e. The Hall–Kier alpha value is -3.32. The minimum absolute atomic E-state index is 0.0289. The van der Waals surface area contributed by atoms with E-state index in [1.807, 2.05) is 23.1 Å². The predicted molar refractivity (Wildman–Crippen MR) is 138 cm³/mol. The summed E-state index contributed by atoms with van der Waals surface area (Å²) in [6.45, 7) is 3.25. The van der Waals surface area contributed by atoms with E-state index in [0.717, 1.165) is 24.8 Å². The molecular formula is C28H32N2O4S. The summed E-state index contributed by atoms with van der Waals surface area (Å²) >= 11 is 1.75. The van der Waals surface area contributed by atoms with Crippen LogP contribution in [0.5, 0.6) is 11.5 Å². The summed E-state index contributed by atoms with van der Waals surface area (Å²) in [4.78, 5) is 32.2. The third-order valence-corrected chi connectivity index (χ3v) is 7.39. The van der Waals surface area contributed by atoms with Crippen molar-refractivity contribution < 1.29 is 19.1 Å². The fourth-order valence-electron chi connectivity index (χ4n) is 4.55. The lowest BCUT2D eigenvalue weighted by Gasteiger charge is -2.37. The fourth-order valence-corrected chi connectivity index (χ4v) is 5.45. The second-order valence-corrected chi connectivity index (χ2v) is 9.63. The van der Waals surface area contributed by atoms with E-state index in [2.05, 4.69) is 30.5 Å². The van der Waals surface area contributed by atoms with Gasteiger partial charge in [-0.3, -0.25) is 9.59 Å². The van der Waals surface area contributed by atoms with Crippen molar-refractivity contribution in [2.45, 2.75) is 32.2 Å². The van der Waals surface area contributed by atoms with Gasteiger partial charge in [0.15, 0.2) is 0 Å². The summed E-state index contributed by atoms with van der Waals surface area (Å²) in [6, 6.07) is 17.2. The molecule has 3 aromatic rings. The molecule has 1 aliphatic heterocycles. The summed E-state index contributed by atoms with van der Waals surface area (Å²) in [5.41, 5.74) is 2.72. The van der Waals surface area contributed by atoms with Crippen LogP contribution in [0.25, 0.3) is 0 Å². The number of rotatable bonds is 9. The van der Waals surface area contributed by atoms with Crippen LogP contribution in [0.2, 0.25) is 0 Å². The van der Waals surface area contributed by atoms with Crippen LogP contribution in [0.1, 0.15) is 52.2 Å². The first-order chi connectivity index (χ1) is 17.0. The lowest BCUT2D eigenvalue weighted by Crippen LogP contribution is -2.47. The second-order valence-electron chi connectivity index (χ2n) is 8.63. The van der Waals surface area contributed by atoms with Crippen LogP contribution in [0.4, 0.5) is 0 Å². The third-order valence-electron chi connectivity index (χ3n) is 6.39. The van der Waals surface area contributed by atoms with Crippen molar-refractivity contribution in [2.75, 3.05) is 33.9 Å². The molecule has 7 heteroatoms. The molecule has 2 heterocycles. The average molecular weight is 493 g/mol. The Balaban J connectivity index is 1.61. The molecular weight excluding hydrogens is 460 g/mol. The molecule has 0 N–H and O–H groups in total. The van der Waals surface area contributed by atoms with Crippen LogP contribution in [0, 0.1) is 0 Å². The Labute approximate surface area is 211 Å². The first kappa shape index (κ1) is 24.8. The van der Waals surface area contributed by atoms with E-state index in [1.54, 1.807) is 48.7 Å². The molecule has 2 aromatic carbocycles. The van der Waals surface area contributed by atoms with Gasteiger partial charge in [0.2, 0.25) is 5.91 Å². The van der Waals surface area contributed by atoms with Gasteiger partial charge in [-0.05, 0) is 47.5 Å². The van der Waals surface area contributed by atoms with Crippen molar-refractivity contribution in [3.63, 3.8) is 0 Å². The number of hydrogen-bond donors (Lipinski definition) is 0. The van der Waals surface area contributed by atoms with E-state index in [-0.39, 0.29) is 24.4 Å². The number of thiophene rings is 1. The molecule has 2 amide bonds. The first-order valence-corrected chi connectivity index (χ1v) is 12.9. The Morgan fingerprint density at radius 3 is 2.43 bits per heavy atom. The van der Waals surface area contributed by atoms with Crippen molar-refractivity contribution in [3.8, 4) is 11.5 Å². The number of carbonyl (C=O) groups excluding carboxylic acids is 2. The van der Waals surface area contributed by atoms with E-state index < -0.39 is 0 Å². The van der Waals surface area contributed by atoms with E-state index in [1.165, 1.54) is 10.4 Å². The first-order valence-electron chi connectivity index (χ1n) is 12.0. The normalized spacial score (nSPS) is 14.8. The van der Waals surface area contributed by atoms with Gasteiger partial charge in [-0.25, -0.2) is 0 Å². The number of methoxy groups -OCH3 is 2. The van der Waals surface area contributed by atoms with Gasteiger partial charge in [0.1, 0.15) is 18.0 Å². The van der Waals surface area contributed by atoms with Crippen LogP contribution in [-0.4, -0.2) is 55.5 Å². The lowest BCUT2D eigenvalue weighted by atomic mass is 9.93. The van der Waals surface area contributed by atoms with Crippen LogP contribution in [0.3, 0.4) is 0 Å². The van der Waals surface area contributed by atoms with Gasteiger partial charge >= 0.3 is 0 Å². The van der Waals surface area contributed by atoms with E-state index in [4.69, 9.17) is 9.47 Å². The summed E-state index contributed by atoms with van der Waals surface area (Å²) in [6.07, 6.45) is 2.57. The van der Waals surface area contributed by atoms with Crippen molar-refractivity contribution in [2.24, 2.45) is 0 Å². The highest BCUT2D eigenvalue weighted by Crippen LogP contribution is 2.37. The van der Waals surface area contributed by atoms with Gasteiger partial charge in [-0.1, -0.05) is 43.7 Å². The van der Waals surface area contributed by atoms with Gasteiger partial charge in [0, 0.05) is 29.6 Å². The van der Waals surface area contributed by atoms with E-state index >= 15 is 0 Å². The number of nitrogens with zero attached hydrogens (tertiary/aromatic N) is 2. The molecule has 35 heavy (non-hydrogen) atoms. The molecule has 0 aliphatic carbocycles. The monoisotopic (exact) mass is 492 g/mol. The van der Waals surface area contributed by atoms with Crippen molar-refractivity contribution in [1.29, 1.82) is 0 Å². The zero-order valence-electron chi connectivity index (χ0n) is 20.5. The average Bonchev–Trinajstić information content (AvgIpc) is 3.39. The predicted octanol–water partition coefficient (Wildman–Crippen LogP) is 5.18. The topological polar surface area (TPSA) is 59.1 Å². The molecule has 184 valence electrons. The molecule has 6 nitrogen and oxygen atoms in total. The highest BCUT2D eigenvalue weighted by molar-refractivity contribution is 7.10. The SMILES string of the molecule is CCCCN(CC(=O)N1CCc2sccc2C1c1ccccc1)C(=O)c1cc(OC)cc(OC)c1.